The highest BCUT2D eigenvalue weighted by molar-refractivity contribution is 7.89. The highest BCUT2D eigenvalue weighted by Gasteiger charge is 2.20. The molecule has 15 heavy (non-hydrogen) atoms. The van der Waals surface area contributed by atoms with Crippen LogP contribution in [0.2, 0.25) is 0 Å². The number of sulfonamides is 1. The van der Waals surface area contributed by atoms with Gasteiger partial charge in [-0.25, -0.2) is 13.1 Å². The molecular weight excluding hydrogens is 214 g/mol. The summed E-state index contributed by atoms with van der Waals surface area (Å²) in [4.78, 5) is 0. The van der Waals surface area contributed by atoms with Crippen LogP contribution in [-0.4, -0.2) is 24.7 Å². The average molecular weight is 231 g/mol. The minimum atomic E-state index is -3.44. The van der Waals surface area contributed by atoms with Crippen LogP contribution in [0.25, 0.3) is 0 Å². The third kappa shape index (κ3) is 3.04. The number of nitrogens with zero attached hydrogens (tertiary/aromatic N) is 1. The predicted molar refractivity (Wildman–Crippen MR) is 57.8 cm³/mol. The summed E-state index contributed by atoms with van der Waals surface area (Å²) >= 11 is 0. The quantitative estimate of drug-likeness (QED) is 0.797. The molecule has 0 aromatic carbocycles. The molecule has 0 radical (unpaired) electrons. The molecule has 1 rings (SSSR count). The maximum absolute atomic E-state index is 11.7. The topological polar surface area (TPSA) is 74.8 Å². The molecule has 1 aromatic rings. The van der Waals surface area contributed by atoms with E-state index in [1.165, 1.54) is 12.3 Å². The Balaban J connectivity index is 2.74. The number of aromatic amines is 1. The summed E-state index contributed by atoms with van der Waals surface area (Å²) in [6.45, 7) is 5.91. The summed E-state index contributed by atoms with van der Waals surface area (Å²) < 4.78 is 26.1. The average Bonchev–Trinajstić information content (AvgIpc) is 2.69. The van der Waals surface area contributed by atoms with Gasteiger partial charge in [0.1, 0.15) is 0 Å². The minimum absolute atomic E-state index is 0.0803. The van der Waals surface area contributed by atoms with Gasteiger partial charge in [-0.1, -0.05) is 20.3 Å². The smallest absolute Gasteiger partial charge is 0.257 e. The summed E-state index contributed by atoms with van der Waals surface area (Å²) in [7, 11) is -3.44. The molecule has 0 saturated heterocycles. The molecule has 5 nitrogen and oxygen atoms in total. The van der Waals surface area contributed by atoms with Gasteiger partial charge in [-0.2, -0.15) is 5.10 Å². The first-order valence-corrected chi connectivity index (χ1v) is 6.47. The molecular formula is C9H17N3O2S. The van der Waals surface area contributed by atoms with Gasteiger partial charge in [0.15, 0.2) is 5.03 Å². The van der Waals surface area contributed by atoms with Gasteiger partial charge in [-0.05, 0) is 18.9 Å². The Hall–Kier alpha value is -0.880. The summed E-state index contributed by atoms with van der Waals surface area (Å²) in [5.41, 5.74) is 0. The van der Waals surface area contributed by atoms with Crippen LogP contribution in [0.3, 0.4) is 0 Å². The lowest BCUT2D eigenvalue weighted by Gasteiger charge is -2.18. The van der Waals surface area contributed by atoms with Crippen molar-refractivity contribution < 1.29 is 8.42 Å². The van der Waals surface area contributed by atoms with Crippen LogP contribution in [0.4, 0.5) is 0 Å². The largest absolute Gasteiger partial charge is 0.266 e. The first kappa shape index (κ1) is 12.2. The first-order valence-electron chi connectivity index (χ1n) is 4.99. The van der Waals surface area contributed by atoms with Gasteiger partial charge in [0.05, 0.1) is 6.20 Å². The molecule has 0 aliphatic carbocycles. The van der Waals surface area contributed by atoms with E-state index < -0.39 is 10.0 Å². The van der Waals surface area contributed by atoms with E-state index in [2.05, 4.69) is 14.9 Å². The maximum atomic E-state index is 11.7. The summed E-state index contributed by atoms with van der Waals surface area (Å²) in [6.07, 6.45) is 2.36. The highest BCUT2D eigenvalue weighted by atomic mass is 32.2. The van der Waals surface area contributed by atoms with Gasteiger partial charge in [0, 0.05) is 6.04 Å². The molecule has 0 saturated carbocycles. The van der Waals surface area contributed by atoms with Crippen LogP contribution >= 0.6 is 0 Å². The number of hydrogen-bond donors (Lipinski definition) is 2. The van der Waals surface area contributed by atoms with Gasteiger partial charge < -0.3 is 0 Å². The Bertz CT molecular complexity index is 385. The van der Waals surface area contributed by atoms with Crippen molar-refractivity contribution in [2.24, 2.45) is 5.92 Å². The van der Waals surface area contributed by atoms with Crippen molar-refractivity contribution in [2.75, 3.05) is 0 Å². The SMILES string of the molecule is CCC(C)C(C)NS(=O)(=O)c1ccn[nH]1. The van der Waals surface area contributed by atoms with E-state index in [0.29, 0.717) is 5.92 Å². The summed E-state index contributed by atoms with van der Waals surface area (Å²) in [5.74, 6) is 0.308. The number of hydrogen-bond acceptors (Lipinski definition) is 3. The van der Waals surface area contributed by atoms with E-state index in [1.54, 1.807) is 0 Å². The molecule has 1 heterocycles. The number of nitrogens with one attached hydrogen (secondary N) is 2. The van der Waals surface area contributed by atoms with E-state index in [1.807, 2.05) is 20.8 Å². The second kappa shape index (κ2) is 4.76. The first-order chi connectivity index (χ1) is 6.97. The van der Waals surface area contributed by atoms with Gasteiger partial charge in [-0.3, -0.25) is 5.10 Å². The molecule has 2 unspecified atom stereocenters. The zero-order valence-electron chi connectivity index (χ0n) is 9.19. The Labute approximate surface area is 90.3 Å². The van der Waals surface area contributed by atoms with Crippen molar-refractivity contribution >= 4 is 10.0 Å². The van der Waals surface area contributed by atoms with Crippen LogP contribution in [-0.2, 0) is 10.0 Å². The molecule has 0 aliphatic heterocycles. The van der Waals surface area contributed by atoms with Gasteiger partial charge in [0.25, 0.3) is 10.0 Å². The van der Waals surface area contributed by atoms with Crippen LogP contribution in [0, 0.1) is 5.92 Å². The monoisotopic (exact) mass is 231 g/mol. The standard InChI is InChI=1S/C9H17N3O2S/c1-4-7(2)8(3)12-15(13,14)9-5-6-10-11-9/h5-8,12H,4H2,1-3H3,(H,10,11). The van der Waals surface area contributed by atoms with Crippen LogP contribution in [0.5, 0.6) is 0 Å². The molecule has 2 N–H and O–H groups in total. The second-order valence-electron chi connectivity index (χ2n) is 3.72. The lowest BCUT2D eigenvalue weighted by Crippen LogP contribution is -2.37. The lowest BCUT2D eigenvalue weighted by molar-refractivity contribution is 0.433. The number of rotatable bonds is 5. The number of H-pyrrole nitrogens is 1. The molecule has 6 heteroatoms. The van der Waals surface area contributed by atoms with E-state index in [0.717, 1.165) is 6.42 Å². The fraction of sp³-hybridized carbons (Fsp3) is 0.667. The van der Waals surface area contributed by atoms with Crippen LogP contribution < -0.4 is 4.72 Å². The van der Waals surface area contributed by atoms with E-state index >= 15 is 0 Å². The molecule has 0 aliphatic rings. The molecule has 0 bridgehead atoms. The Kier molecular flexibility index (Phi) is 3.87. The van der Waals surface area contributed by atoms with Crippen molar-refractivity contribution in [2.45, 2.75) is 38.3 Å². The molecule has 0 fully saturated rings. The zero-order valence-corrected chi connectivity index (χ0v) is 10.0. The van der Waals surface area contributed by atoms with E-state index in [-0.39, 0.29) is 11.1 Å². The van der Waals surface area contributed by atoms with Crippen LogP contribution in [0.1, 0.15) is 27.2 Å². The third-order valence-corrected chi connectivity index (χ3v) is 4.09. The second-order valence-corrected chi connectivity index (χ2v) is 5.40. The van der Waals surface area contributed by atoms with Crippen molar-refractivity contribution in [3.63, 3.8) is 0 Å². The number of aromatic nitrogens is 2. The molecule has 0 spiro atoms. The van der Waals surface area contributed by atoms with Crippen molar-refractivity contribution in [1.29, 1.82) is 0 Å². The van der Waals surface area contributed by atoms with Crippen molar-refractivity contribution in [1.82, 2.24) is 14.9 Å². The normalized spacial score (nSPS) is 16.2. The third-order valence-electron chi connectivity index (χ3n) is 2.60. The Morgan fingerprint density at radius 1 is 1.53 bits per heavy atom. The van der Waals surface area contributed by atoms with Gasteiger partial charge >= 0.3 is 0 Å². The maximum Gasteiger partial charge on any atom is 0.257 e. The lowest BCUT2D eigenvalue weighted by atomic mass is 10.0. The molecule has 0 amide bonds. The van der Waals surface area contributed by atoms with E-state index in [9.17, 15) is 8.42 Å². The van der Waals surface area contributed by atoms with Gasteiger partial charge in [0.2, 0.25) is 0 Å². The Morgan fingerprint density at radius 3 is 2.67 bits per heavy atom. The minimum Gasteiger partial charge on any atom is -0.266 e. The highest BCUT2D eigenvalue weighted by Crippen LogP contribution is 2.10. The fourth-order valence-electron chi connectivity index (χ4n) is 1.17. The molecule has 1 aromatic heterocycles. The van der Waals surface area contributed by atoms with E-state index in [4.69, 9.17) is 0 Å². The Morgan fingerprint density at radius 2 is 2.20 bits per heavy atom. The molecule has 2 atom stereocenters. The fourth-order valence-corrected chi connectivity index (χ4v) is 2.43. The van der Waals surface area contributed by atoms with Crippen LogP contribution in [0.15, 0.2) is 17.3 Å². The van der Waals surface area contributed by atoms with Gasteiger partial charge in [-0.15, -0.1) is 0 Å². The van der Waals surface area contributed by atoms with Crippen molar-refractivity contribution in [3.8, 4) is 0 Å². The summed E-state index contributed by atoms with van der Waals surface area (Å²) in [6, 6.07) is 1.36. The zero-order chi connectivity index (χ0) is 11.5. The summed E-state index contributed by atoms with van der Waals surface area (Å²) in [5, 5.41) is 6.16. The predicted octanol–water partition coefficient (Wildman–Crippen LogP) is 1.12. The molecule has 86 valence electrons. The van der Waals surface area contributed by atoms with Crippen molar-refractivity contribution in [3.05, 3.63) is 12.3 Å².